The van der Waals surface area contributed by atoms with E-state index in [4.69, 9.17) is 4.74 Å². The van der Waals surface area contributed by atoms with Gasteiger partial charge >= 0.3 is 0 Å². The predicted molar refractivity (Wildman–Crippen MR) is 93.1 cm³/mol. The van der Waals surface area contributed by atoms with Crippen molar-refractivity contribution in [2.45, 2.75) is 0 Å². The molecule has 5 heteroatoms. The number of benzene rings is 3. The summed E-state index contributed by atoms with van der Waals surface area (Å²) in [5, 5.41) is 28.7. The lowest BCUT2D eigenvalue weighted by atomic mass is 10.1. The lowest BCUT2D eigenvalue weighted by molar-refractivity contribution is 0.0916. The summed E-state index contributed by atoms with van der Waals surface area (Å²) in [5.41, 5.74) is 1.82. The van der Waals surface area contributed by atoms with Crippen molar-refractivity contribution in [3.05, 3.63) is 72.3 Å². The molecule has 3 aromatic carbocycles. The van der Waals surface area contributed by atoms with E-state index >= 15 is 0 Å². The maximum atomic E-state index is 12.1. The second-order valence-corrected chi connectivity index (χ2v) is 5.46. The van der Waals surface area contributed by atoms with Gasteiger partial charge in [-0.25, -0.2) is 0 Å². The van der Waals surface area contributed by atoms with Crippen LogP contribution in [0.25, 0.3) is 11.1 Å². The number of phenolic OH excluding ortho intramolecular Hbond substituents is 3. The van der Waals surface area contributed by atoms with E-state index in [9.17, 15) is 20.1 Å². The third kappa shape index (κ3) is 3.72. The summed E-state index contributed by atoms with van der Waals surface area (Å²) in [6.07, 6.45) is 0. The van der Waals surface area contributed by atoms with E-state index < -0.39 is 17.3 Å². The minimum absolute atomic E-state index is 0.279. The second kappa shape index (κ2) is 6.97. The molecule has 25 heavy (non-hydrogen) atoms. The number of aromatic hydroxyl groups is 3. The fraction of sp³-hybridized carbons (Fsp3) is 0.0500. The maximum absolute atomic E-state index is 12.1. The smallest absolute Gasteiger partial charge is 0.207 e. The molecule has 0 spiro atoms. The van der Waals surface area contributed by atoms with Crippen molar-refractivity contribution in [3.63, 3.8) is 0 Å². The van der Waals surface area contributed by atoms with Crippen molar-refractivity contribution in [1.82, 2.24) is 0 Å². The molecule has 0 saturated heterocycles. The monoisotopic (exact) mass is 336 g/mol. The molecule has 0 aliphatic carbocycles. The maximum Gasteiger partial charge on any atom is 0.207 e. The number of hydrogen-bond donors (Lipinski definition) is 3. The van der Waals surface area contributed by atoms with Crippen LogP contribution in [0.1, 0.15) is 10.4 Å². The molecule has 0 amide bonds. The zero-order chi connectivity index (χ0) is 17.8. The average Bonchev–Trinajstić information content (AvgIpc) is 2.60. The number of ketones is 1. The van der Waals surface area contributed by atoms with Crippen LogP contribution in [0, 0.1) is 0 Å². The molecule has 0 aromatic heterocycles. The Morgan fingerprint density at radius 3 is 1.96 bits per heavy atom. The lowest BCUT2D eigenvalue weighted by Gasteiger charge is -2.09. The first kappa shape index (κ1) is 16.4. The Bertz CT molecular complexity index is 863. The van der Waals surface area contributed by atoms with Gasteiger partial charge in [-0.15, -0.1) is 0 Å². The van der Waals surface area contributed by atoms with Crippen LogP contribution in [0.5, 0.6) is 23.0 Å². The van der Waals surface area contributed by atoms with E-state index in [1.165, 1.54) is 0 Å². The van der Waals surface area contributed by atoms with Gasteiger partial charge < -0.3 is 20.1 Å². The molecular formula is C20H16O5. The first-order valence-electron chi connectivity index (χ1n) is 7.61. The highest BCUT2D eigenvalue weighted by atomic mass is 16.5. The summed E-state index contributed by atoms with van der Waals surface area (Å²) in [4.78, 5) is 12.1. The van der Waals surface area contributed by atoms with Gasteiger partial charge in [0, 0.05) is 12.1 Å². The van der Waals surface area contributed by atoms with Crippen molar-refractivity contribution in [2.75, 3.05) is 6.61 Å². The van der Waals surface area contributed by atoms with Gasteiger partial charge in [0.15, 0.2) is 6.61 Å². The Labute approximate surface area is 144 Å². The molecule has 5 nitrogen and oxygen atoms in total. The molecule has 0 atom stereocenters. The molecule has 3 aromatic rings. The van der Waals surface area contributed by atoms with Crippen molar-refractivity contribution in [2.24, 2.45) is 0 Å². The van der Waals surface area contributed by atoms with Gasteiger partial charge in [0.05, 0.1) is 0 Å². The first-order chi connectivity index (χ1) is 12.0. The molecule has 3 N–H and O–H groups in total. The van der Waals surface area contributed by atoms with Gasteiger partial charge in [-0.1, -0.05) is 42.5 Å². The molecule has 0 bridgehead atoms. The highest BCUT2D eigenvalue weighted by Crippen LogP contribution is 2.32. The van der Waals surface area contributed by atoms with Gasteiger partial charge in [0.25, 0.3) is 0 Å². The Kier molecular flexibility index (Phi) is 4.57. The number of rotatable bonds is 5. The fourth-order valence-corrected chi connectivity index (χ4v) is 2.48. The molecule has 0 fully saturated rings. The van der Waals surface area contributed by atoms with Crippen molar-refractivity contribution >= 4 is 5.78 Å². The lowest BCUT2D eigenvalue weighted by Crippen LogP contribution is -2.12. The normalized spacial score (nSPS) is 10.4. The number of carbonyl (C=O) groups excluding carboxylic acids is 1. The SMILES string of the molecule is O=C(COc1ccc(-c2ccccc2)cc1)c1c(O)cc(O)cc1O. The van der Waals surface area contributed by atoms with Gasteiger partial charge in [-0.2, -0.15) is 0 Å². The number of phenols is 3. The van der Waals surface area contributed by atoms with Crippen molar-refractivity contribution < 1.29 is 24.9 Å². The van der Waals surface area contributed by atoms with Crippen LogP contribution in [0.4, 0.5) is 0 Å². The molecule has 0 aliphatic heterocycles. The van der Waals surface area contributed by atoms with Crippen LogP contribution >= 0.6 is 0 Å². The second-order valence-electron chi connectivity index (χ2n) is 5.46. The number of ether oxygens (including phenoxy) is 1. The van der Waals surface area contributed by atoms with Crippen LogP contribution < -0.4 is 4.74 Å². The Hall–Kier alpha value is -3.47. The third-order valence-electron chi connectivity index (χ3n) is 3.69. The Morgan fingerprint density at radius 2 is 1.36 bits per heavy atom. The molecule has 126 valence electrons. The van der Waals surface area contributed by atoms with Crippen LogP contribution in [0.15, 0.2) is 66.7 Å². The van der Waals surface area contributed by atoms with Crippen LogP contribution in [0.3, 0.4) is 0 Å². The molecule has 0 unspecified atom stereocenters. The minimum atomic E-state index is -0.595. The topological polar surface area (TPSA) is 87.0 Å². The zero-order valence-corrected chi connectivity index (χ0v) is 13.2. The summed E-state index contributed by atoms with van der Waals surface area (Å²) in [5.74, 6) is -1.42. The van der Waals surface area contributed by atoms with E-state index in [1.54, 1.807) is 12.1 Å². The average molecular weight is 336 g/mol. The summed E-state index contributed by atoms with van der Waals surface area (Å²) >= 11 is 0. The summed E-state index contributed by atoms with van der Waals surface area (Å²) in [7, 11) is 0. The van der Waals surface area contributed by atoms with Crippen molar-refractivity contribution in [1.29, 1.82) is 0 Å². The summed E-state index contributed by atoms with van der Waals surface area (Å²) in [6, 6.07) is 19.1. The zero-order valence-electron chi connectivity index (χ0n) is 13.2. The van der Waals surface area contributed by atoms with E-state index in [-0.39, 0.29) is 17.9 Å². The number of hydrogen-bond acceptors (Lipinski definition) is 5. The summed E-state index contributed by atoms with van der Waals surface area (Å²) < 4.78 is 5.42. The molecule has 0 heterocycles. The van der Waals surface area contributed by atoms with Gasteiger partial charge in [-0.05, 0) is 23.3 Å². The largest absolute Gasteiger partial charge is 0.508 e. The number of Topliss-reactive ketones (excluding diaryl/α,β-unsaturated/α-hetero) is 1. The Balaban J connectivity index is 1.69. The van der Waals surface area contributed by atoms with E-state index in [0.717, 1.165) is 23.3 Å². The molecule has 3 rings (SSSR count). The summed E-state index contributed by atoms with van der Waals surface area (Å²) in [6.45, 7) is -0.351. The van der Waals surface area contributed by atoms with Crippen LogP contribution in [-0.2, 0) is 0 Å². The van der Waals surface area contributed by atoms with Gasteiger partial charge in [-0.3, -0.25) is 4.79 Å². The van der Waals surface area contributed by atoms with E-state index in [0.29, 0.717) is 5.75 Å². The van der Waals surface area contributed by atoms with Gasteiger partial charge in [0.2, 0.25) is 5.78 Å². The van der Waals surface area contributed by atoms with Crippen LogP contribution in [-0.4, -0.2) is 27.7 Å². The molecule has 0 radical (unpaired) electrons. The Morgan fingerprint density at radius 1 is 0.800 bits per heavy atom. The van der Waals surface area contributed by atoms with E-state index in [2.05, 4.69) is 0 Å². The fourth-order valence-electron chi connectivity index (χ4n) is 2.48. The predicted octanol–water partition coefficient (Wildman–Crippen LogP) is 3.73. The van der Waals surface area contributed by atoms with Crippen LogP contribution in [0.2, 0.25) is 0 Å². The quantitative estimate of drug-likeness (QED) is 0.618. The number of carbonyl (C=O) groups is 1. The van der Waals surface area contributed by atoms with E-state index in [1.807, 2.05) is 42.5 Å². The first-order valence-corrected chi connectivity index (χ1v) is 7.61. The minimum Gasteiger partial charge on any atom is -0.508 e. The highest BCUT2D eigenvalue weighted by molar-refractivity contribution is 6.02. The molecular weight excluding hydrogens is 320 g/mol. The third-order valence-corrected chi connectivity index (χ3v) is 3.69. The standard InChI is InChI=1S/C20H16O5/c21-15-10-17(22)20(18(23)11-15)19(24)12-25-16-8-6-14(7-9-16)13-4-2-1-3-5-13/h1-11,21-23H,12H2. The highest BCUT2D eigenvalue weighted by Gasteiger charge is 2.18. The molecule has 0 aliphatic rings. The van der Waals surface area contributed by atoms with Crippen molar-refractivity contribution in [3.8, 4) is 34.1 Å². The molecule has 0 saturated carbocycles. The van der Waals surface area contributed by atoms with Gasteiger partial charge in [0.1, 0.15) is 28.6 Å².